The zero-order valence-corrected chi connectivity index (χ0v) is 32.3. The number of phenols is 4. The van der Waals surface area contributed by atoms with Crippen LogP contribution in [0.3, 0.4) is 0 Å². The predicted molar refractivity (Wildman–Crippen MR) is 238 cm³/mol. The average molecular weight is 766 g/mol. The number of aromatic hydroxyl groups is 4. The Balaban J connectivity index is 1.18. The van der Waals surface area contributed by atoms with Crippen molar-refractivity contribution in [3.63, 3.8) is 0 Å². The molecule has 1 spiro atoms. The molecule has 3 aliphatic rings. The number of phenolic OH excluding ortho intramolecular Hbond substituents is 4. The Morgan fingerprint density at radius 2 is 1.07 bits per heavy atom. The lowest BCUT2D eigenvalue weighted by molar-refractivity contribution is 0.356. The lowest BCUT2D eigenvalue weighted by Gasteiger charge is -2.38. The SMILES string of the molecule is Cc1c(O)c(O)c(O)c(C2=CC=CCC2N(c2ccc(-c3ccccc3)cc2)c2ccc3c(c2)C2(c4ccccc4-c4ccccc42)c2cc4ccccc4cc2-3)c1O. The van der Waals surface area contributed by atoms with E-state index in [1.54, 1.807) is 0 Å². The van der Waals surface area contributed by atoms with Gasteiger partial charge in [-0.15, -0.1) is 0 Å². The fraction of sp³-hybridized carbons (Fsp3) is 0.0741. The molecule has 0 radical (unpaired) electrons. The van der Waals surface area contributed by atoms with E-state index in [0.29, 0.717) is 12.0 Å². The van der Waals surface area contributed by atoms with Crippen molar-refractivity contribution in [3.8, 4) is 56.4 Å². The predicted octanol–water partition coefficient (Wildman–Crippen LogP) is 12.5. The number of nitrogens with zero attached hydrogens (tertiary/aromatic N) is 1. The molecule has 5 nitrogen and oxygen atoms in total. The Morgan fingerprint density at radius 3 is 1.78 bits per heavy atom. The van der Waals surface area contributed by atoms with Gasteiger partial charge in [-0.2, -0.15) is 0 Å². The van der Waals surface area contributed by atoms with Crippen LogP contribution >= 0.6 is 0 Å². The van der Waals surface area contributed by atoms with Gasteiger partial charge in [-0.3, -0.25) is 0 Å². The van der Waals surface area contributed by atoms with Gasteiger partial charge in [-0.1, -0.05) is 140 Å². The summed E-state index contributed by atoms with van der Waals surface area (Å²) in [7, 11) is 0. The summed E-state index contributed by atoms with van der Waals surface area (Å²) in [6.45, 7) is 1.53. The zero-order valence-electron chi connectivity index (χ0n) is 32.3. The van der Waals surface area contributed by atoms with Gasteiger partial charge < -0.3 is 25.3 Å². The zero-order chi connectivity index (χ0) is 40.0. The number of hydrogen-bond acceptors (Lipinski definition) is 5. The highest BCUT2D eigenvalue weighted by atomic mass is 16.3. The summed E-state index contributed by atoms with van der Waals surface area (Å²) in [6.07, 6.45) is 6.40. The fourth-order valence-corrected chi connectivity index (χ4v) is 10.1. The van der Waals surface area contributed by atoms with Gasteiger partial charge in [0.1, 0.15) is 5.75 Å². The van der Waals surface area contributed by atoms with Gasteiger partial charge in [-0.25, -0.2) is 0 Å². The molecule has 0 saturated carbocycles. The van der Waals surface area contributed by atoms with Crippen molar-refractivity contribution >= 4 is 27.7 Å². The van der Waals surface area contributed by atoms with Crippen LogP contribution in [-0.2, 0) is 5.41 Å². The molecule has 0 saturated heterocycles. The van der Waals surface area contributed by atoms with E-state index in [1.165, 1.54) is 62.2 Å². The van der Waals surface area contributed by atoms with Gasteiger partial charge in [0, 0.05) is 16.9 Å². The summed E-state index contributed by atoms with van der Waals surface area (Å²) in [5.74, 6) is -2.05. The molecule has 0 aliphatic heterocycles. The van der Waals surface area contributed by atoms with Crippen molar-refractivity contribution in [2.75, 3.05) is 4.90 Å². The van der Waals surface area contributed by atoms with Crippen LogP contribution in [-0.4, -0.2) is 26.5 Å². The second kappa shape index (κ2) is 13.0. The molecule has 8 aromatic carbocycles. The summed E-state index contributed by atoms with van der Waals surface area (Å²) < 4.78 is 0. The molecule has 3 aliphatic carbocycles. The van der Waals surface area contributed by atoms with Crippen LogP contribution in [0.2, 0.25) is 0 Å². The van der Waals surface area contributed by atoms with Crippen LogP contribution in [0.5, 0.6) is 23.0 Å². The van der Waals surface area contributed by atoms with Gasteiger partial charge in [0.05, 0.1) is 17.0 Å². The number of allylic oxidation sites excluding steroid dienone is 2. The van der Waals surface area contributed by atoms with E-state index >= 15 is 0 Å². The van der Waals surface area contributed by atoms with Gasteiger partial charge in [0.15, 0.2) is 11.5 Å². The van der Waals surface area contributed by atoms with Gasteiger partial charge in [0.2, 0.25) is 5.75 Å². The molecule has 4 N–H and O–H groups in total. The monoisotopic (exact) mass is 765 g/mol. The van der Waals surface area contributed by atoms with Crippen molar-refractivity contribution in [1.82, 2.24) is 0 Å². The first kappa shape index (κ1) is 34.7. The van der Waals surface area contributed by atoms with Crippen molar-refractivity contribution in [2.24, 2.45) is 0 Å². The van der Waals surface area contributed by atoms with E-state index in [9.17, 15) is 20.4 Å². The van der Waals surface area contributed by atoms with Gasteiger partial charge in [0.25, 0.3) is 0 Å². The second-order valence-electron chi connectivity index (χ2n) is 15.8. The molecular weight excluding hydrogens is 727 g/mol. The summed E-state index contributed by atoms with van der Waals surface area (Å²) in [5.41, 5.74) is 14.0. The molecule has 1 atom stereocenters. The number of rotatable bonds is 5. The Hall–Kier alpha value is -7.50. The number of hydrogen-bond donors (Lipinski definition) is 4. The van der Waals surface area contributed by atoms with Crippen molar-refractivity contribution in [3.05, 3.63) is 209 Å². The minimum absolute atomic E-state index is 0.0893. The standard InChI is InChI=1S/C54H39NO4/c1-32-50(56)49(52(58)53(59)51(32)57)42-19-9-12-22-48(42)55(37-25-23-34(24-26-37)33-13-3-2-4-14-33)38-27-28-41-43-29-35-15-5-6-16-36(35)30-46(43)54(47(41)31-38)44-20-10-7-17-39(44)40-18-8-11-21-45(40)54/h2-21,23-31,48,56-59H,22H2,1H3. The Morgan fingerprint density at radius 1 is 0.492 bits per heavy atom. The molecule has 0 bridgehead atoms. The summed E-state index contributed by atoms with van der Waals surface area (Å²) in [4.78, 5) is 2.28. The Bertz CT molecular complexity index is 3010. The molecule has 284 valence electrons. The van der Waals surface area contributed by atoms with E-state index in [-0.39, 0.29) is 16.9 Å². The first-order valence-electron chi connectivity index (χ1n) is 20.0. The first-order valence-corrected chi connectivity index (χ1v) is 20.0. The highest BCUT2D eigenvalue weighted by Gasteiger charge is 2.52. The van der Waals surface area contributed by atoms with Crippen molar-refractivity contribution < 1.29 is 20.4 Å². The lowest BCUT2D eigenvalue weighted by atomic mass is 9.70. The molecule has 8 aromatic rings. The van der Waals surface area contributed by atoms with E-state index in [1.807, 2.05) is 30.4 Å². The average Bonchev–Trinajstić information content (AvgIpc) is 3.74. The van der Waals surface area contributed by atoms with E-state index in [4.69, 9.17) is 0 Å². The molecule has 0 heterocycles. The highest BCUT2D eigenvalue weighted by molar-refractivity contribution is 6.01. The van der Waals surface area contributed by atoms with E-state index in [2.05, 4.69) is 151 Å². The van der Waals surface area contributed by atoms with E-state index in [0.717, 1.165) is 22.5 Å². The topological polar surface area (TPSA) is 84.2 Å². The van der Waals surface area contributed by atoms with Crippen LogP contribution in [0.1, 0.15) is 39.8 Å². The maximum absolute atomic E-state index is 11.6. The molecule has 11 rings (SSSR count). The normalized spacial score (nSPS) is 15.4. The number of anilines is 2. The van der Waals surface area contributed by atoms with Crippen molar-refractivity contribution in [1.29, 1.82) is 0 Å². The summed E-state index contributed by atoms with van der Waals surface area (Å²) in [5, 5.41) is 46.8. The Kier molecular flexibility index (Phi) is 7.66. The third kappa shape index (κ3) is 4.91. The van der Waals surface area contributed by atoms with Crippen LogP contribution in [0.15, 0.2) is 176 Å². The molecule has 0 amide bonds. The van der Waals surface area contributed by atoms with Crippen LogP contribution in [0.4, 0.5) is 11.4 Å². The minimum atomic E-state index is -0.661. The van der Waals surface area contributed by atoms with Crippen LogP contribution in [0, 0.1) is 6.92 Å². The maximum atomic E-state index is 11.6. The minimum Gasteiger partial charge on any atom is -0.507 e. The first-order chi connectivity index (χ1) is 28.9. The molecule has 5 heteroatoms. The van der Waals surface area contributed by atoms with Gasteiger partial charge >= 0.3 is 0 Å². The Labute approximate surface area is 342 Å². The molecule has 1 unspecified atom stereocenters. The maximum Gasteiger partial charge on any atom is 0.201 e. The van der Waals surface area contributed by atoms with Gasteiger partial charge in [-0.05, 0) is 122 Å². The van der Waals surface area contributed by atoms with Crippen LogP contribution < -0.4 is 4.90 Å². The molecule has 59 heavy (non-hydrogen) atoms. The largest absolute Gasteiger partial charge is 0.507 e. The third-order valence-electron chi connectivity index (χ3n) is 12.8. The molecule has 0 fully saturated rings. The number of benzene rings is 8. The fourth-order valence-electron chi connectivity index (χ4n) is 10.1. The quantitative estimate of drug-likeness (QED) is 0.104. The summed E-state index contributed by atoms with van der Waals surface area (Å²) >= 11 is 0. The second-order valence-corrected chi connectivity index (χ2v) is 15.8. The van der Waals surface area contributed by atoms with Crippen molar-refractivity contribution in [2.45, 2.75) is 24.8 Å². The lowest BCUT2D eigenvalue weighted by Crippen LogP contribution is -2.33. The summed E-state index contributed by atoms with van der Waals surface area (Å²) in [6, 6.07) is 56.1. The van der Waals surface area contributed by atoms with Crippen LogP contribution in [0.25, 0.3) is 49.7 Å². The highest BCUT2D eigenvalue weighted by Crippen LogP contribution is 2.64. The smallest absolute Gasteiger partial charge is 0.201 e. The van der Waals surface area contributed by atoms with E-state index < -0.39 is 28.7 Å². The third-order valence-corrected chi connectivity index (χ3v) is 12.8. The number of fused-ring (bicyclic) bond motifs is 11. The molecule has 0 aromatic heterocycles. The molecular formula is C54H39NO4.